The van der Waals surface area contributed by atoms with E-state index in [0.717, 1.165) is 0 Å². The molecule has 0 heterocycles. The molecule has 0 bridgehead atoms. The molecule has 3 nitrogen and oxygen atoms in total. The van der Waals surface area contributed by atoms with Crippen molar-refractivity contribution in [2.24, 2.45) is 0 Å². The zero-order valence-corrected chi connectivity index (χ0v) is 17.7. The van der Waals surface area contributed by atoms with Crippen molar-refractivity contribution >= 4 is 29.1 Å². The summed E-state index contributed by atoms with van der Waals surface area (Å²) < 4.78 is 5.53. The summed E-state index contributed by atoms with van der Waals surface area (Å²) in [6, 6.07) is 25.0. The van der Waals surface area contributed by atoms with Crippen molar-refractivity contribution in [2.45, 2.75) is 18.8 Å². The van der Waals surface area contributed by atoms with Gasteiger partial charge in [0.2, 0.25) is 0 Å². The van der Waals surface area contributed by atoms with E-state index in [0.29, 0.717) is 22.3 Å². The highest BCUT2D eigenvalue weighted by molar-refractivity contribution is 6.30. The van der Waals surface area contributed by atoms with Crippen LogP contribution >= 0.6 is 23.2 Å². The first-order valence-electron chi connectivity index (χ1n) is 9.48. The van der Waals surface area contributed by atoms with Crippen molar-refractivity contribution in [3.63, 3.8) is 0 Å². The summed E-state index contributed by atoms with van der Waals surface area (Å²) in [5, 5.41) is 4.35. The average Bonchev–Trinajstić information content (AvgIpc) is 2.74. The maximum absolute atomic E-state index is 12.3. The van der Waals surface area contributed by atoms with E-state index in [1.807, 2.05) is 42.5 Å². The van der Waals surface area contributed by atoms with Gasteiger partial charge in [-0.2, -0.15) is 0 Å². The van der Waals surface area contributed by atoms with Gasteiger partial charge in [0.1, 0.15) is 5.75 Å². The Morgan fingerprint density at radius 2 is 1.45 bits per heavy atom. The van der Waals surface area contributed by atoms with E-state index in [9.17, 15) is 4.79 Å². The number of hydrogen-bond donors (Lipinski definition) is 1. The molecule has 29 heavy (non-hydrogen) atoms. The summed E-state index contributed by atoms with van der Waals surface area (Å²) in [4.78, 5) is 12.3. The Bertz CT molecular complexity index is 912. The SMILES string of the molecule is CC(c1ccc(Cl)cc1)C(CNC(=O)COc1ccc(Cl)cc1)c1ccccc1. The van der Waals surface area contributed by atoms with Crippen LogP contribution in [-0.4, -0.2) is 19.1 Å². The van der Waals surface area contributed by atoms with Gasteiger partial charge < -0.3 is 10.1 Å². The van der Waals surface area contributed by atoms with Crippen molar-refractivity contribution < 1.29 is 9.53 Å². The fourth-order valence-corrected chi connectivity index (χ4v) is 3.49. The van der Waals surface area contributed by atoms with Gasteiger partial charge in [-0.25, -0.2) is 0 Å². The van der Waals surface area contributed by atoms with Crippen molar-refractivity contribution in [1.82, 2.24) is 5.32 Å². The lowest BCUT2D eigenvalue weighted by Gasteiger charge is -2.25. The highest BCUT2D eigenvalue weighted by Crippen LogP contribution is 2.32. The molecule has 0 aliphatic rings. The standard InChI is InChI=1S/C24H23Cl2NO2/c1-17(18-7-9-20(25)10-8-18)23(19-5-3-2-4-6-19)15-27-24(28)16-29-22-13-11-21(26)12-14-22/h2-14,17,23H,15-16H2,1H3,(H,27,28). The normalized spacial score (nSPS) is 12.8. The molecule has 0 fully saturated rings. The Morgan fingerprint density at radius 1 is 0.862 bits per heavy atom. The third kappa shape index (κ3) is 6.25. The van der Waals surface area contributed by atoms with Crippen LogP contribution in [0.15, 0.2) is 78.9 Å². The number of amides is 1. The quantitative estimate of drug-likeness (QED) is 0.473. The molecule has 0 saturated heterocycles. The van der Waals surface area contributed by atoms with Crippen LogP contribution in [0.1, 0.15) is 29.9 Å². The van der Waals surface area contributed by atoms with Crippen LogP contribution in [-0.2, 0) is 4.79 Å². The van der Waals surface area contributed by atoms with Crippen LogP contribution < -0.4 is 10.1 Å². The summed E-state index contributed by atoms with van der Waals surface area (Å²) >= 11 is 11.9. The first kappa shape index (κ1) is 21.2. The van der Waals surface area contributed by atoms with Crippen LogP contribution in [0.25, 0.3) is 0 Å². The Labute approximate surface area is 181 Å². The number of benzene rings is 3. The van der Waals surface area contributed by atoms with Gasteiger partial charge in [-0.3, -0.25) is 4.79 Å². The van der Waals surface area contributed by atoms with Gasteiger partial charge in [0, 0.05) is 22.5 Å². The van der Waals surface area contributed by atoms with E-state index in [1.165, 1.54) is 11.1 Å². The van der Waals surface area contributed by atoms with E-state index in [1.54, 1.807) is 24.3 Å². The van der Waals surface area contributed by atoms with Crippen LogP contribution in [0.2, 0.25) is 10.0 Å². The van der Waals surface area contributed by atoms with E-state index in [4.69, 9.17) is 27.9 Å². The maximum Gasteiger partial charge on any atom is 0.257 e. The summed E-state index contributed by atoms with van der Waals surface area (Å²) in [6.07, 6.45) is 0. The molecule has 0 radical (unpaired) electrons. The lowest BCUT2D eigenvalue weighted by Crippen LogP contribution is -2.33. The molecule has 3 rings (SSSR count). The molecule has 1 N–H and O–H groups in total. The van der Waals surface area contributed by atoms with Crippen molar-refractivity contribution in [1.29, 1.82) is 0 Å². The van der Waals surface area contributed by atoms with Crippen LogP contribution in [0, 0.1) is 0 Å². The molecule has 0 aliphatic carbocycles. The zero-order valence-electron chi connectivity index (χ0n) is 16.1. The lowest BCUT2D eigenvalue weighted by atomic mass is 9.82. The number of carbonyl (C=O) groups is 1. The molecule has 0 saturated carbocycles. The van der Waals surface area contributed by atoms with Gasteiger partial charge in [-0.1, -0.05) is 72.6 Å². The number of hydrogen-bond acceptors (Lipinski definition) is 2. The molecule has 3 aromatic rings. The van der Waals surface area contributed by atoms with E-state index >= 15 is 0 Å². The molecule has 0 aliphatic heterocycles. The summed E-state index contributed by atoms with van der Waals surface area (Å²) in [6.45, 7) is 2.63. The van der Waals surface area contributed by atoms with Gasteiger partial charge >= 0.3 is 0 Å². The highest BCUT2D eigenvalue weighted by Gasteiger charge is 2.21. The topological polar surface area (TPSA) is 38.3 Å². The number of ether oxygens (including phenoxy) is 1. The smallest absolute Gasteiger partial charge is 0.257 e. The zero-order chi connectivity index (χ0) is 20.6. The minimum Gasteiger partial charge on any atom is -0.484 e. The van der Waals surface area contributed by atoms with Gasteiger partial charge in [-0.05, 0) is 53.4 Å². The van der Waals surface area contributed by atoms with Crippen molar-refractivity contribution in [3.8, 4) is 5.75 Å². The first-order chi connectivity index (χ1) is 14.0. The predicted molar refractivity (Wildman–Crippen MR) is 119 cm³/mol. The molecule has 0 aromatic heterocycles. The molecular formula is C24H23Cl2NO2. The third-order valence-electron chi connectivity index (χ3n) is 4.93. The van der Waals surface area contributed by atoms with Crippen LogP contribution in [0.4, 0.5) is 0 Å². The fraction of sp³-hybridized carbons (Fsp3) is 0.208. The number of halogens is 2. The molecule has 150 valence electrons. The molecule has 0 spiro atoms. The van der Waals surface area contributed by atoms with Crippen molar-refractivity contribution in [2.75, 3.05) is 13.2 Å². The maximum atomic E-state index is 12.3. The molecule has 2 atom stereocenters. The van der Waals surface area contributed by atoms with Crippen molar-refractivity contribution in [3.05, 3.63) is 100 Å². The number of nitrogens with one attached hydrogen (secondary N) is 1. The number of carbonyl (C=O) groups excluding carboxylic acids is 1. The van der Waals surface area contributed by atoms with Crippen LogP contribution in [0.3, 0.4) is 0 Å². The largest absolute Gasteiger partial charge is 0.484 e. The second kappa shape index (κ2) is 10.3. The minimum atomic E-state index is -0.163. The number of rotatable bonds is 8. The monoisotopic (exact) mass is 427 g/mol. The fourth-order valence-electron chi connectivity index (χ4n) is 3.24. The van der Waals surface area contributed by atoms with Gasteiger partial charge in [0.25, 0.3) is 5.91 Å². The first-order valence-corrected chi connectivity index (χ1v) is 10.2. The second-order valence-corrected chi connectivity index (χ2v) is 7.78. The lowest BCUT2D eigenvalue weighted by molar-refractivity contribution is -0.123. The van der Waals surface area contributed by atoms with Gasteiger partial charge in [0.05, 0.1) is 0 Å². The minimum absolute atomic E-state index is 0.0432. The molecule has 5 heteroatoms. The van der Waals surface area contributed by atoms with E-state index in [2.05, 4.69) is 24.4 Å². The van der Waals surface area contributed by atoms with Gasteiger partial charge in [-0.15, -0.1) is 0 Å². The molecule has 1 amide bonds. The Kier molecular flexibility index (Phi) is 7.56. The third-order valence-corrected chi connectivity index (χ3v) is 5.43. The molecule has 2 unspecified atom stereocenters. The average molecular weight is 428 g/mol. The Morgan fingerprint density at radius 3 is 2.07 bits per heavy atom. The Balaban J connectivity index is 1.64. The summed E-state index contributed by atoms with van der Waals surface area (Å²) in [7, 11) is 0. The highest BCUT2D eigenvalue weighted by atomic mass is 35.5. The van der Waals surface area contributed by atoms with E-state index in [-0.39, 0.29) is 24.3 Å². The molecular weight excluding hydrogens is 405 g/mol. The van der Waals surface area contributed by atoms with E-state index < -0.39 is 0 Å². The van der Waals surface area contributed by atoms with Crippen LogP contribution in [0.5, 0.6) is 5.75 Å². The Hall–Kier alpha value is -2.49. The predicted octanol–water partition coefficient (Wildman–Crippen LogP) is 6.08. The summed E-state index contributed by atoms with van der Waals surface area (Å²) in [5.74, 6) is 0.770. The second-order valence-electron chi connectivity index (χ2n) is 6.90. The molecule has 3 aromatic carbocycles. The van der Waals surface area contributed by atoms with Gasteiger partial charge in [0.15, 0.2) is 6.61 Å². The summed E-state index contributed by atoms with van der Waals surface area (Å²) in [5.41, 5.74) is 2.35.